The number of rotatable bonds is 10. The molecule has 0 bridgehead atoms. The third-order valence-corrected chi connectivity index (χ3v) is 7.57. The number of halogens is 1. The van der Waals surface area contributed by atoms with Crippen molar-refractivity contribution in [1.82, 2.24) is 9.88 Å². The number of fused-ring (bicyclic) bond motifs is 1. The largest absolute Gasteiger partial charge is 0.302 e. The molecule has 2 aromatic carbocycles. The minimum absolute atomic E-state index is 0. The van der Waals surface area contributed by atoms with Gasteiger partial charge in [-0.05, 0) is 43.6 Å². The first kappa shape index (κ1) is 25.0. The quantitative estimate of drug-likeness (QED) is 0.336. The summed E-state index contributed by atoms with van der Waals surface area (Å²) in [6, 6.07) is 16.3. The van der Waals surface area contributed by atoms with Crippen molar-refractivity contribution in [3.05, 3.63) is 48.5 Å². The van der Waals surface area contributed by atoms with Gasteiger partial charge >= 0.3 is 0 Å². The minimum Gasteiger partial charge on any atom is -0.302 e. The number of nitrogens with zero attached hydrogens (tertiary/aromatic N) is 3. The molecule has 1 amide bonds. The number of thioether (sulfide) groups is 2. The van der Waals surface area contributed by atoms with Crippen LogP contribution in [0.15, 0.2) is 58.3 Å². The molecule has 162 valence electrons. The van der Waals surface area contributed by atoms with Gasteiger partial charge < -0.3 is 4.90 Å². The van der Waals surface area contributed by atoms with Gasteiger partial charge in [0, 0.05) is 22.9 Å². The molecule has 1 aromatic heterocycles. The third-order valence-electron chi connectivity index (χ3n) is 4.76. The minimum atomic E-state index is 0. The lowest BCUT2D eigenvalue weighted by molar-refractivity contribution is -0.116. The van der Waals surface area contributed by atoms with Gasteiger partial charge in [0.25, 0.3) is 0 Å². The van der Waals surface area contributed by atoms with Gasteiger partial charge in [-0.2, -0.15) is 0 Å². The highest BCUT2D eigenvalue weighted by atomic mass is 35.5. The molecule has 0 atom stereocenters. The SMILES string of the molecule is CCN(CC)CCN(C(=O)CSc1ccccc1)c1nc2c(SC)cccc2s1.Cl. The third kappa shape index (κ3) is 6.37. The fourth-order valence-corrected chi connectivity index (χ4v) is 5.50. The molecule has 4 nitrogen and oxygen atoms in total. The van der Waals surface area contributed by atoms with E-state index in [0.29, 0.717) is 12.3 Å². The summed E-state index contributed by atoms with van der Waals surface area (Å²) in [5.41, 5.74) is 0.997. The Hall–Kier alpha value is -1.25. The number of carbonyl (C=O) groups is 1. The zero-order valence-electron chi connectivity index (χ0n) is 17.5. The first-order valence-electron chi connectivity index (χ1n) is 9.80. The second-order valence-electron chi connectivity index (χ2n) is 6.48. The van der Waals surface area contributed by atoms with Crippen LogP contribution in [0.25, 0.3) is 10.2 Å². The van der Waals surface area contributed by atoms with Gasteiger partial charge in [0.05, 0.1) is 16.0 Å². The first-order valence-corrected chi connectivity index (χ1v) is 12.8. The average Bonchev–Trinajstić information content (AvgIpc) is 3.20. The number of benzene rings is 2. The summed E-state index contributed by atoms with van der Waals surface area (Å²) >= 11 is 4.88. The molecule has 0 aliphatic heterocycles. The lowest BCUT2D eigenvalue weighted by Gasteiger charge is -2.24. The maximum absolute atomic E-state index is 13.2. The monoisotopic (exact) mass is 481 g/mol. The molecular formula is C22H28ClN3OS3. The van der Waals surface area contributed by atoms with Gasteiger partial charge in [0.15, 0.2) is 5.13 Å². The van der Waals surface area contributed by atoms with E-state index in [1.54, 1.807) is 34.9 Å². The van der Waals surface area contributed by atoms with E-state index < -0.39 is 0 Å². The Balaban J connectivity index is 0.00000320. The summed E-state index contributed by atoms with van der Waals surface area (Å²) < 4.78 is 1.13. The van der Waals surface area contributed by atoms with E-state index in [2.05, 4.69) is 43.2 Å². The molecular weight excluding hydrogens is 454 g/mol. The maximum atomic E-state index is 13.2. The van der Waals surface area contributed by atoms with Crippen molar-refractivity contribution in [2.75, 3.05) is 43.1 Å². The van der Waals surface area contributed by atoms with Gasteiger partial charge in [-0.15, -0.1) is 35.9 Å². The molecule has 0 aliphatic carbocycles. The summed E-state index contributed by atoms with van der Waals surface area (Å²) in [5, 5.41) is 0.798. The number of anilines is 1. The molecule has 0 spiro atoms. The van der Waals surface area contributed by atoms with Crippen LogP contribution >= 0.6 is 47.3 Å². The normalized spacial score (nSPS) is 10.9. The molecule has 30 heavy (non-hydrogen) atoms. The molecule has 0 fully saturated rings. The molecule has 0 saturated carbocycles. The van der Waals surface area contributed by atoms with Crippen molar-refractivity contribution >= 4 is 68.5 Å². The highest BCUT2D eigenvalue weighted by molar-refractivity contribution is 8.00. The molecule has 1 heterocycles. The van der Waals surface area contributed by atoms with E-state index in [4.69, 9.17) is 4.98 Å². The van der Waals surface area contributed by atoms with Crippen molar-refractivity contribution in [1.29, 1.82) is 0 Å². The van der Waals surface area contributed by atoms with E-state index in [-0.39, 0.29) is 18.3 Å². The van der Waals surface area contributed by atoms with Crippen LogP contribution in [0.1, 0.15) is 13.8 Å². The number of carbonyl (C=O) groups excluding carboxylic acids is 1. The summed E-state index contributed by atoms with van der Waals surface area (Å²) in [6.07, 6.45) is 2.06. The predicted octanol–water partition coefficient (Wildman–Crippen LogP) is 5.91. The van der Waals surface area contributed by atoms with E-state index >= 15 is 0 Å². The number of aromatic nitrogens is 1. The maximum Gasteiger partial charge on any atom is 0.239 e. The fraction of sp³-hybridized carbons (Fsp3) is 0.364. The summed E-state index contributed by atoms with van der Waals surface area (Å²) in [7, 11) is 0. The Morgan fingerprint density at radius 1 is 1.03 bits per heavy atom. The molecule has 0 unspecified atom stereocenters. The fourth-order valence-electron chi connectivity index (χ4n) is 3.04. The van der Waals surface area contributed by atoms with Crippen LogP contribution in [0, 0.1) is 0 Å². The summed E-state index contributed by atoms with van der Waals surface area (Å²) in [4.78, 5) is 24.5. The van der Waals surface area contributed by atoms with Gasteiger partial charge in [-0.3, -0.25) is 9.69 Å². The van der Waals surface area contributed by atoms with Crippen molar-refractivity contribution < 1.29 is 4.79 Å². The van der Waals surface area contributed by atoms with Gasteiger partial charge in [-0.25, -0.2) is 4.98 Å². The van der Waals surface area contributed by atoms with Gasteiger partial charge in [0.2, 0.25) is 5.91 Å². The van der Waals surface area contributed by atoms with Gasteiger partial charge in [0.1, 0.15) is 0 Å². The van der Waals surface area contributed by atoms with Gasteiger partial charge in [-0.1, -0.05) is 49.4 Å². The Morgan fingerprint density at radius 2 is 1.77 bits per heavy atom. The summed E-state index contributed by atoms with van der Waals surface area (Å²) in [6.45, 7) is 7.78. The molecule has 0 N–H and O–H groups in total. The van der Waals surface area contributed by atoms with Crippen LogP contribution in [0.5, 0.6) is 0 Å². The second-order valence-corrected chi connectivity index (χ2v) is 9.38. The van der Waals surface area contributed by atoms with E-state index in [1.807, 2.05) is 35.2 Å². The average molecular weight is 482 g/mol. The van der Waals surface area contributed by atoms with Crippen LogP contribution in [0.3, 0.4) is 0 Å². The molecule has 8 heteroatoms. The topological polar surface area (TPSA) is 36.4 Å². The van der Waals surface area contributed by atoms with E-state index in [9.17, 15) is 4.79 Å². The smallest absolute Gasteiger partial charge is 0.239 e. The van der Waals surface area contributed by atoms with Crippen molar-refractivity contribution in [2.45, 2.75) is 23.6 Å². The van der Waals surface area contributed by atoms with Crippen molar-refractivity contribution in [3.63, 3.8) is 0 Å². The number of thiazole rings is 1. The zero-order chi connectivity index (χ0) is 20.6. The zero-order valence-corrected chi connectivity index (χ0v) is 20.8. The van der Waals surface area contributed by atoms with Crippen molar-refractivity contribution in [3.8, 4) is 0 Å². The van der Waals surface area contributed by atoms with E-state index in [0.717, 1.165) is 44.8 Å². The van der Waals surface area contributed by atoms with Crippen LogP contribution in [-0.4, -0.2) is 54.0 Å². The van der Waals surface area contributed by atoms with Crippen LogP contribution in [0.4, 0.5) is 5.13 Å². The predicted molar refractivity (Wildman–Crippen MR) is 136 cm³/mol. The number of amides is 1. The summed E-state index contributed by atoms with van der Waals surface area (Å²) in [5.74, 6) is 0.517. The first-order chi connectivity index (χ1) is 14.2. The molecule has 3 aromatic rings. The lowest BCUT2D eigenvalue weighted by atomic mass is 10.3. The molecule has 0 aliphatic rings. The Kier molecular flexibility index (Phi) is 10.5. The van der Waals surface area contributed by atoms with E-state index in [1.165, 1.54) is 0 Å². The van der Waals surface area contributed by atoms with Crippen LogP contribution in [-0.2, 0) is 4.79 Å². The Morgan fingerprint density at radius 3 is 2.43 bits per heavy atom. The number of likely N-dealkylation sites (N-methyl/N-ethyl adjacent to an activating group) is 1. The lowest BCUT2D eigenvalue weighted by Crippen LogP contribution is -2.39. The molecule has 3 rings (SSSR count). The molecule has 0 saturated heterocycles. The highest BCUT2D eigenvalue weighted by Crippen LogP contribution is 2.34. The van der Waals surface area contributed by atoms with Crippen LogP contribution < -0.4 is 4.90 Å². The number of para-hydroxylation sites is 1. The van der Waals surface area contributed by atoms with Crippen molar-refractivity contribution in [2.24, 2.45) is 0 Å². The molecule has 0 radical (unpaired) electrons. The second kappa shape index (κ2) is 12.6. The highest BCUT2D eigenvalue weighted by Gasteiger charge is 2.21. The van der Waals surface area contributed by atoms with Crippen LogP contribution in [0.2, 0.25) is 0 Å². The standard InChI is InChI=1S/C22H27N3OS3.ClH/c1-4-24(5-2)14-15-25(20(26)16-28-17-10-7-6-8-11-17)22-23-21-18(27-3)12-9-13-19(21)29-22;/h6-13H,4-5,14-16H2,1-3H3;1H. The Labute approximate surface area is 197 Å². The Bertz CT molecular complexity index is 932. The number of hydrogen-bond acceptors (Lipinski definition) is 6. The number of hydrogen-bond donors (Lipinski definition) is 0.